The van der Waals surface area contributed by atoms with Gasteiger partial charge in [-0.2, -0.15) is 5.10 Å². The molecule has 43 heavy (non-hydrogen) atoms. The number of carbonyl (C=O) groups is 1. The molecule has 0 spiro atoms. The average Bonchev–Trinajstić information content (AvgIpc) is 3.47. The quantitative estimate of drug-likeness (QED) is 0.303. The highest BCUT2D eigenvalue weighted by molar-refractivity contribution is 5.95. The molecule has 0 fully saturated rings. The van der Waals surface area contributed by atoms with Gasteiger partial charge in [0.25, 0.3) is 11.5 Å². The maximum absolute atomic E-state index is 15.1. The predicted molar refractivity (Wildman–Crippen MR) is 156 cm³/mol. The Labute approximate surface area is 245 Å². The Bertz CT molecular complexity index is 1890. The second kappa shape index (κ2) is 11.2. The zero-order chi connectivity index (χ0) is 30.2. The van der Waals surface area contributed by atoms with Gasteiger partial charge in [0.1, 0.15) is 5.82 Å². The van der Waals surface area contributed by atoms with Crippen LogP contribution < -0.4 is 19.8 Å². The van der Waals surface area contributed by atoms with Crippen molar-refractivity contribution in [3.63, 3.8) is 0 Å². The summed E-state index contributed by atoms with van der Waals surface area (Å²) in [5.74, 6) is 1.51. The zero-order valence-electron chi connectivity index (χ0n) is 24.1. The van der Waals surface area contributed by atoms with Crippen LogP contribution in [0.15, 0.2) is 59.4 Å². The molecule has 6 rings (SSSR count). The van der Waals surface area contributed by atoms with Gasteiger partial charge < -0.3 is 23.7 Å². The minimum atomic E-state index is -0.620. The molecule has 0 radical (unpaired) electrons. The highest BCUT2D eigenvalue weighted by atomic mass is 19.1. The Balaban J connectivity index is 1.28. The van der Waals surface area contributed by atoms with Crippen molar-refractivity contribution in [3.8, 4) is 28.6 Å². The monoisotopic (exact) mass is 584 g/mol. The minimum Gasteiger partial charge on any atom is -0.493 e. The van der Waals surface area contributed by atoms with Crippen molar-refractivity contribution in [1.82, 2.24) is 29.9 Å². The van der Waals surface area contributed by atoms with Gasteiger partial charge in [-0.3, -0.25) is 9.59 Å². The molecule has 0 aliphatic carbocycles. The van der Waals surface area contributed by atoms with E-state index in [9.17, 15) is 9.59 Å². The molecule has 3 aromatic carbocycles. The Morgan fingerprint density at radius 2 is 1.72 bits per heavy atom. The van der Waals surface area contributed by atoms with Gasteiger partial charge in [0.15, 0.2) is 23.1 Å². The predicted octanol–water partition coefficient (Wildman–Crippen LogP) is 4.15. The molecule has 1 amide bonds. The number of halogens is 1. The van der Waals surface area contributed by atoms with Crippen LogP contribution in [0.4, 0.5) is 4.39 Å². The first kappa shape index (κ1) is 27.9. The SMILES string of the molecule is COc1cc(-c2nnc3n2C(C)CN(C(=O)c2cc(Cc4n[nH]c(=O)c5ccccc45)ccc2F)C3)cc(OC)c1OC. The standard InChI is InChI=1S/C31H29FN6O5/c1-17-15-37(16-27-34-35-29(38(17)27)19-13-25(41-2)28(43-4)26(14-19)42-3)31(40)22-11-18(9-10-23(22)32)12-24-20-7-5-6-8-21(20)30(39)36-33-24/h5-11,13-14,17H,12,15-16H2,1-4H3,(H,36,39). The Morgan fingerprint density at radius 1 is 1.00 bits per heavy atom. The van der Waals surface area contributed by atoms with E-state index in [-0.39, 0.29) is 23.7 Å². The Kier molecular flexibility index (Phi) is 7.26. The number of aromatic nitrogens is 5. The lowest BCUT2D eigenvalue weighted by atomic mass is 10.0. The lowest BCUT2D eigenvalue weighted by Gasteiger charge is -2.33. The van der Waals surface area contributed by atoms with Crippen LogP contribution in [-0.2, 0) is 13.0 Å². The van der Waals surface area contributed by atoms with Crippen molar-refractivity contribution in [2.45, 2.75) is 25.9 Å². The van der Waals surface area contributed by atoms with E-state index in [2.05, 4.69) is 20.4 Å². The maximum Gasteiger partial charge on any atom is 0.272 e. The molecule has 11 nitrogen and oxygen atoms in total. The van der Waals surface area contributed by atoms with E-state index in [1.165, 1.54) is 13.2 Å². The first-order valence-corrected chi connectivity index (χ1v) is 13.6. The molecule has 0 bridgehead atoms. The van der Waals surface area contributed by atoms with Crippen LogP contribution in [0.5, 0.6) is 17.2 Å². The number of benzene rings is 3. The van der Waals surface area contributed by atoms with Crippen LogP contribution >= 0.6 is 0 Å². The van der Waals surface area contributed by atoms with Crippen molar-refractivity contribution >= 4 is 16.7 Å². The van der Waals surface area contributed by atoms with Crippen molar-refractivity contribution in [2.75, 3.05) is 27.9 Å². The molecule has 0 saturated carbocycles. The van der Waals surface area contributed by atoms with Gasteiger partial charge in [0.2, 0.25) is 5.75 Å². The lowest BCUT2D eigenvalue weighted by molar-refractivity contribution is 0.0677. The number of nitrogens with one attached hydrogen (secondary N) is 1. The van der Waals surface area contributed by atoms with Crippen LogP contribution in [0, 0.1) is 5.82 Å². The molecule has 1 atom stereocenters. The molecular weight excluding hydrogens is 555 g/mol. The van der Waals surface area contributed by atoms with E-state index >= 15 is 4.39 Å². The second-order valence-electron chi connectivity index (χ2n) is 10.3. The van der Waals surface area contributed by atoms with Crippen molar-refractivity contribution in [3.05, 3.63) is 93.4 Å². The van der Waals surface area contributed by atoms with E-state index in [4.69, 9.17) is 14.2 Å². The summed E-state index contributed by atoms with van der Waals surface area (Å²) >= 11 is 0. The van der Waals surface area contributed by atoms with Crippen LogP contribution in [0.3, 0.4) is 0 Å². The van der Waals surface area contributed by atoms with Crippen LogP contribution in [-0.4, -0.2) is 63.6 Å². The number of fused-ring (bicyclic) bond motifs is 2. The highest BCUT2D eigenvalue weighted by Gasteiger charge is 2.32. The summed E-state index contributed by atoms with van der Waals surface area (Å²) < 4.78 is 33.5. The number of nitrogens with zero attached hydrogens (tertiary/aromatic N) is 5. The number of hydrogen-bond acceptors (Lipinski definition) is 8. The third-order valence-corrected chi connectivity index (χ3v) is 7.64. The molecule has 1 aliphatic heterocycles. The van der Waals surface area contributed by atoms with Gasteiger partial charge in [-0.1, -0.05) is 24.3 Å². The van der Waals surface area contributed by atoms with Crippen molar-refractivity contribution in [1.29, 1.82) is 0 Å². The summed E-state index contributed by atoms with van der Waals surface area (Å²) in [6.45, 7) is 2.42. The van der Waals surface area contributed by atoms with E-state index in [0.29, 0.717) is 69.5 Å². The maximum atomic E-state index is 15.1. The van der Waals surface area contributed by atoms with E-state index in [1.54, 1.807) is 55.5 Å². The van der Waals surface area contributed by atoms with Crippen molar-refractivity contribution < 1.29 is 23.4 Å². The second-order valence-corrected chi connectivity index (χ2v) is 10.3. The number of methoxy groups -OCH3 is 3. The van der Waals surface area contributed by atoms with Crippen LogP contribution in [0.25, 0.3) is 22.2 Å². The fourth-order valence-corrected chi connectivity index (χ4v) is 5.61. The molecule has 1 N–H and O–H groups in total. The number of rotatable bonds is 7. The van der Waals surface area contributed by atoms with Gasteiger partial charge in [0.05, 0.1) is 50.6 Å². The third-order valence-electron chi connectivity index (χ3n) is 7.64. The lowest BCUT2D eigenvalue weighted by Crippen LogP contribution is -2.40. The molecule has 0 saturated heterocycles. The molecule has 3 heterocycles. The first-order chi connectivity index (χ1) is 20.8. The van der Waals surface area contributed by atoms with E-state index in [1.807, 2.05) is 23.6 Å². The number of aromatic amines is 1. The van der Waals surface area contributed by atoms with Gasteiger partial charge in [-0.15, -0.1) is 10.2 Å². The fraction of sp³-hybridized carbons (Fsp3) is 0.258. The van der Waals surface area contributed by atoms with Crippen LogP contribution in [0.1, 0.15) is 40.4 Å². The molecule has 1 aliphatic rings. The summed E-state index contributed by atoms with van der Waals surface area (Å²) in [7, 11) is 4.62. The molecule has 1 unspecified atom stereocenters. The molecule has 220 valence electrons. The fourth-order valence-electron chi connectivity index (χ4n) is 5.61. The van der Waals surface area contributed by atoms with Gasteiger partial charge in [0, 0.05) is 23.9 Å². The van der Waals surface area contributed by atoms with Crippen molar-refractivity contribution in [2.24, 2.45) is 0 Å². The number of hydrogen-bond donors (Lipinski definition) is 1. The summed E-state index contributed by atoms with van der Waals surface area (Å²) in [5.41, 5.74) is 1.69. The first-order valence-electron chi connectivity index (χ1n) is 13.6. The molecule has 12 heteroatoms. The average molecular weight is 585 g/mol. The Hall–Kier alpha value is -5.26. The largest absolute Gasteiger partial charge is 0.493 e. The highest BCUT2D eigenvalue weighted by Crippen LogP contribution is 2.41. The number of ether oxygens (including phenoxy) is 3. The Morgan fingerprint density at radius 3 is 2.42 bits per heavy atom. The summed E-state index contributed by atoms with van der Waals surface area (Å²) in [6, 6.07) is 15.0. The molecule has 5 aromatic rings. The van der Waals surface area contributed by atoms with E-state index < -0.39 is 11.7 Å². The number of carbonyl (C=O) groups excluding carboxylic acids is 1. The minimum absolute atomic E-state index is 0.0451. The van der Waals surface area contributed by atoms with Crippen LogP contribution in [0.2, 0.25) is 0 Å². The third kappa shape index (κ3) is 4.94. The van der Waals surface area contributed by atoms with Gasteiger partial charge >= 0.3 is 0 Å². The van der Waals surface area contributed by atoms with Gasteiger partial charge in [-0.05, 0) is 42.8 Å². The summed E-state index contributed by atoms with van der Waals surface area (Å²) in [6.07, 6.45) is 0.306. The molecular formula is C31H29FN6O5. The summed E-state index contributed by atoms with van der Waals surface area (Å²) in [5, 5.41) is 16.7. The van der Waals surface area contributed by atoms with E-state index in [0.717, 1.165) is 0 Å². The summed E-state index contributed by atoms with van der Waals surface area (Å²) in [4.78, 5) is 27.4. The zero-order valence-corrected chi connectivity index (χ0v) is 24.1. The molecule has 2 aromatic heterocycles. The topological polar surface area (TPSA) is 124 Å². The normalized spacial score (nSPS) is 14.4. The van der Waals surface area contributed by atoms with Gasteiger partial charge in [-0.25, -0.2) is 9.49 Å². The number of H-pyrrole nitrogens is 1. The number of amides is 1. The smallest absolute Gasteiger partial charge is 0.272 e.